The molecule has 1 N–H and O–H groups in total. The van der Waals surface area contributed by atoms with E-state index >= 15 is 0 Å². The lowest BCUT2D eigenvalue weighted by molar-refractivity contribution is 0.391. The summed E-state index contributed by atoms with van der Waals surface area (Å²) in [6.07, 6.45) is 2.18. The Morgan fingerprint density at radius 1 is 1.19 bits per heavy atom. The van der Waals surface area contributed by atoms with Crippen molar-refractivity contribution in [1.29, 1.82) is 0 Å². The highest BCUT2D eigenvalue weighted by Crippen LogP contribution is 2.41. The van der Waals surface area contributed by atoms with E-state index in [0.29, 0.717) is 5.52 Å². The summed E-state index contributed by atoms with van der Waals surface area (Å²) in [6.45, 7) is 6.62. The third kappa shape index (κ3) is 2.44. The second kappa shape index (κ2) is 5.70. The predicted octanol–water partition coefficient (Wildman–Crippen LogP) is 4.88. The van der Waals surface area contributed by atoms with E-state index in [1.54, 1.807) is 12.1 Å². The van der Waals surface area contributed by atoms with Gasteiger partial charge in [0.25, 0.3) is 0 Å². The van der Waals surface area contributed by atoms with Gasteiger partial charge in [-0.3, -0.25) is 4.79 Å². The number of rotatable bonds is 2. The number of nitrogens with one attached hydrogen (secondary N) is 1. The van der Waals surface area contributed by atoms with Gasteiger partial charge in [0, 0.05) is 17.3 Å². The van der Waals surface area contributed by atoms with Gasteiger partial charge in [0.1, 0.15) is 0 Å². The molecule has 3 nitrogen and oxygen atoms in total. The van der Waals surface area contributed by atoms with Gasteiger partial charge in [0.15, 0.2) is 17.0 Å². The van der Waals surface area contributed by atoms with Crippen LogP contribution in [0.25, 0.3) is 22.2 Å². The second-order valence-electron chi connectivity index (χ2n) is 7.76. The van der Waals surface area contributed by atoms with E-state index in [2.05, 4.69) is 37.9 Å². The molecule has 0 saturated carbocycles. The van der Waals surface area contributed by atoms with Crippen LogP contribution in [0.4, 0.5) is 4.39 Å². The molecule has 0 spiro atoms. The lowest BCUT2D eigenvalue weighted by Gasteiger charge is -2.20. The summed E-state index contributed by atoms with van der Waals surface area (Å²) in [5, 5.41) is 0.246. The fraction of sp³-hybridized carbons (Fsp3) is 0.318. The highest BCUT2D eigenvalue weighted by atomic mass is 19.1. The molecule has 1 aromatic heterocycles. The third-order valence-corrected chi connectivity index (χ3v) is 5.59. The van der Waals surface area contributed by atoms with E-state index < -0.39 is 5.82 Å². The van der Waals surface area contributed by atoms with E-state index in [4.69, 9.17) is 4.74 Å². The first-order chi connectivity index (χ1) is 12.3. The first-order valence-electron chi connectivity index (χ1n) is 8.86. The number of fused-ring (bicyclic) bond motifs is 2. The van der Waals surface area contributed by atoms with Crippen LogP contribution in [0.5, 0.6) is 5.75 Å². The number of benzene rings is 2. The molecule has 2 aromatic carbocycles. The molecule has 0 aliphatic heterocycles. The molecule has 0 radical (unpaired) electrons. The van der Waals surface area contributed by atoms with Gasteiger partial charge >= 0.3 is 0 Å². The van der Waals surface area contributed by atoms with E-state index in [-0.39, 0.29) is 22.0 Å². The van der Waals surface area contributed by atoms with Crippen LogP contribution in [0, 0.1) is 12.7 Å². The van der Waals surface area contributed by atoms with Gasteiger partial charge in [-0.15, -0.1) is 0 Å². The minimum Gasteiger partial charge on any atom is -0.493 e. The standard InChI is InChI=1S/C22H22FNO2/c1-12-9-15-13(7-8-22(15,2)3)10-14(12)18-11-19(25)20-17(24-18)6-5-16(23)21(20)26-4/h5-6,9-11H,7-8H2,1-4H3,(H,24,25). The van der Waals surface area contributed by atoms with Crippen LogP contribution in [-0.2, 0) is 11.8 Å². The molecule has 26 heavy (non-hydrogen) atoms. The van der Waals surface area contributed by atoms with Gasteiger partial charge in [0.2, 0.25) is 0 Å². The Balaban J connectivity index is 1.94. The smallest absolute Gasteiger partial charge is 0.193 e. The van der Waals surface area contributed by atoms with Gasteiger partial charge in [-0.1, -0.05) is 19.9 Å². The first-order valence-corrected chi connectivity index (χ1v) is 8.86. The van der Waals surface area contributed by atoms with Gasteiger partial charge in [0.05, 0.1) is 18.0 Å². The topological polar surface area (TPSA) is 42.1 Å². The molecule has 4 heteroatoms. The number of aromatic amines is 1. The number of H-pyrrole nitrogens is 1. The zero-order valence-electron chi connectivity index (χ0n) is 15.5. The summed E-state index contributed by atoms with van der Waals surface area (Å²) in [7, 11) is 1.37. The van der Waals surface area contributed by atoms with Crippen LogP contribution < -0.4 is 10.2 Å². The van der Waals surface area contributed by atoms with Crippen molar-refractivity contribution >= 4 is 10.9 Å². The number of methoxy groups -OCH3 is 1. The molecule has 0 fully saturated rings. The number of halogens is 1. The second-order valence-corrected chi connectivity index (χ2v) is 7.76. The van der Waals surface area contributed by atoms with Crippen molar-refractivity contribution in [3.63, 3.8) is 0 Å². The zero-order valence-corrected chi connectivity index (χ0v) is 15.5. The Labute approximate surface area is 151 Å². The average Bonchev–Trinajstić information content (AvgIpc) is 2.89. The first kappa shape index (κ1) is 16.8. The maximum absolute atomic E-state index is 13.9. The minimum atomic E-state index is -0.533. The van der Waals surface area contributed by atoms with E-state index in [1.165, 1.54) is 24.3 Å². The van der Waals surface area contributed by atoms with Crippen molar-refractivity contribution in [3.05, 3.63) is 63.1 Å². The highest BCUT2D eigenvalue weighted by molar-refractivity contribution is 5.87. The summed E-state index contributed by atoms with van der Waals surface area (Å²) in [5.74, 6) is -0.545. The van der Waals surface area contributed by atoms with Crippen molar-refractivity contribution in [1.82, 2.24) is 4.98 Å². The minimum absolute atomic E-state index is 0.0114. The number of ether oxygens (including phenoxy) is 1. The zero-order chi connectivity index (χ0) is 18.6. The van der Waals surface area contributed by atoms with Gasteiger partial charge < -0.3 is 9.72 Å². The Kier molecular flexibility index (Phi) is 3.69. The van der Waals surface area contributed by atoms with Gasteiger partial charge in [-0.25, -0.2) is 4.39 Å². The molecule has 0 unspecified atom stereocenters. The molecule has 1 aliphatic rings. The summed E-state index contributed by atoms with van der Waals surface area (Å²) < 4.78 is 19.0. The maximum atomic E-state index is 13.9. The fourth-order valence-corrected chi connectivity index (χ4v) is 4.10. The van der Waals surface area contributed by atoms with Gasteiger partial charge in [-0.2, -0.15) is 0 Å². The maximum Gasteiger partial charge on any atom is 0.193 e. The van der Waals surface area contributed by atoms with Crippen LogP contribution in [0.1, 0.15) is 37.0 Å². The van der Waals surface area contributed by atoms with Crippen LogP contribution in [-0.4, -0.2) is 12.1 Å². The monoisotopic (exact) mass is 351 g/mol. The van der Waals surface area contributed by atoms with Crippen LogP contribution in [0.2, 0.25) is 0 Å². The molecule has 3 aromatic rings. The number of aryl methyl sites for hydroxylation is 2. The normalized spacial score (nSPS) is 15.3. The largest absolute Gasteiger partial charge is 0.493 e. The van der Waals surface area contributed by atoms with E-state index in [0.717, 1.165) is 29.7 Å². The van der Waals surface area contributed by atoms with Crippen LogP contribution >= 0.6 is 0 Å². The van der Waals surface area contributed by atoms with E-state index in [1.807, 2.05) is 0 Å². The molecule has 0 bridgehead atoms. The fourth-order valence-electron chi connectivity index (χ4n) is 4.10. The Hall–Kier alpha value is -2.62. The number of pyridine rings is 1. The molecule has 134 valence electrons. The Bertz CT molecular complexity index is 1100. The quantitative estimate of drug-likeness (QED) is 0.715. The lowest BCUT2D eigenvalue weighted by Crippen LogP contribution is -2.12. The van der Waals surface area contributed by atoms with Crippen molar-refractivity contribution in [2.24, 2.45) is 0 Å². The SMILES string of the molecule is COc1c(F)ccc2[nH]c(-c3cc4c(cc3C)C(C)(C)CC4)cc(=O)c12. The molecule has 0 atom stereocenters. The summed E-state index contributed by atoms with van der Waals surface area (Å²) in [6, 6.07) is 8.88. The summed E-state index contributed by atoms with van der Waals surface area (Å²) in [4.78, 5) is 16.0. The molecular weight excluding hydrogens is 329 g/mol. The van der Waals surface area contributed by atoms with Crippen molar-refractivity contribution < 1.29 is 9.13 Å². The molecule has 1 aliphatic carbocycles. The summed E-state index contributed by atoms with van der Waals surface area (Å²) in [5.41, 5.74) is 6.16. The highest BCUT2D eigenvalue weighted by Gasteiger charge is 2.30. The van der Waals surface area contributed by atoms with Crippen LogP contribution in [0.3, 0.4) is 0 Å². The van der Waals surface area contributed by atoms with E-state index in [9.17, 15) is 9.18 Å². The average molecular weight is 351 g/mol. The number of hydrogen-bond acceptors (Lipinski definition) is 2. The molecule has 4 rings (SSSR count). The molecule has 0 saturated heterocycles. The third-order valence-electron chi connectivity index (χ3n) is 5.59. The van der Waals surface area contributed by atoms with Gasteiger partial charge in [-0.05, 0) is 60.1 Å². The predicted molar refractivity (Wildman–Crippen MR) is 103 cm³/mol. The molecule has 1 heterocycles. The number of aromatic nitrogens is 1. The Morgan fingerprint density at radius 3 is 2.69 bits per heavy atom. The van der Waals surface area contributed by atoms with Crippen molar-refractivity contribution in [2.45, 2.75) is 39.0 Å². The lowest BCUT2D eigenvalue weighted by atomic mass is 9.85. The van der Waals surface area contributed by atoms with Crippen molar-refractivity contribution in [3.8, 4) is 17.0 Å². The van der Waals surface area contributed by atoms with Crippen LogP contribution in [0.15, 0.2) is 35.1 Å². The Morgan fingerprint density at radius 2 is 1.96 bits per heavy atom. The van der Waals surface area contributed by atoms with Crippen molar-refractivity contribution in [2.75, 3.05) is 7.11 Å². The molecule has 0 amide bonds. The summed E-state index contributed by atoms with van der Waals surface area (Å²) >= 11 is 0. The molecular formula is C22H22FNO2. The number of hydrogen-bond donors (Lipinski definition) is 1.